The van der Waals surface area contributed by atoms with Crippen molar-refractivity contribution in [3.63, 3.8) is 0 Å². The van der Waals surface area contributed by atoms with Crippen LogP contribution in [0.25, 0.3) is 0 Å². The van der Waals surface area contributed by atoms with Gasteiger partial charge in [0.15, 0.2) is 0 Å². The van der Waals surface area contributed by atoms with Gasteiger partial charge in [0.05, 0.1) is 11.0 Å². The van der Waals surface area contributed by atoms with Gasteiger partial charge in [-0.2, -0.15) is 0 Å². The maximum absolute atomic E-state index is 11.8. The van der Waals surface area contributed by atoms with Gasteiger partial charge in [0.2, 0.25) is 5.91 Å². The number of amides is 1. The van der Waals surface area contributed by atoms with Crippen LogP contribution in [0.4, 0.5) is 5.00 Å². The molecule has 1 atom stereocenters. The SMILES string of the molecule is CCN(C)C(=O)C(C)NCc1csc([N+](=O)[O-])c1. The molecule has 1 N–H and O–H groups in total. The van der Waals surface area contributed by atoms with E-state index in [1.54, 1.807) is 24.3 Å². The van der Waals surface area contributed by atoms with Gasteiger partial charge in [0.25, 0.3) is 0 Å². The summed E-state index contributed by atoms with van der Waals surface area (Å²) in [5.74, 6) is 0.0160. The van der Waals surface area contributed by atoms with Crippen molar-refractivity contribution in [2.75, 3.05) is 13.6 Å². The summed E-state index contributed by atoms with van der Waals surface area (Å²) in [5, 5.41) is 15.4. The van der Waals surface area contributed by atoms with Gasteiger partial charge in [-0.3, -0.25) is 14.9 Å². The minimum Gasteiger partial charge on any atom is -0.345 e. The first-order valence-corrected chi connectivity index (χ1v) is 6.53. The van der Waals surface area contributed by atoms with E-state index in [1.807, 2.05) is 6.92 Å². The van der Waals surface area contributed by atoms with E-state index < -0.39 is 4.92 Å². The van der Waals surface area contributed by atoms with E-state index in [0.29, 0.717) is 13.1 Å². The summed E-state index contributed by atoms with van der Waals surface area (Å²) < 4.78 is 0. The zero-order valence-corrected chi connectivity index (χ0v) is 11.5. The van der Waals surface area contributed by atoms with E-state index in [9.17, 15) is 14.9 Å². The Balaban J connectivity index is 2.49. The lowest BCUT2D eigenvalue weighted by molar-refractivity contribution is -0.380. The summed E-state index contributed by atoms with van der Waals surface area (Å²) >= 11 is 1.09. The third-order valence-electron chi connectivity index (χ3n) is 2.65. The molecule has 1 rings (SSSR count). The maximum atomic E-state index is 11.8. The first-order valence-electron chi connectivity index (χ1n) is 5.65. The summed E-state index contributed by atoms with van der Waals surface area (Å²) in [5.41, 5.74) is 0.825. The molecule has 100 valence electrons. The van der Waals surface area contributed by atoms with E-state index >= 15 is 0 Å². The fourth-order valence-electron chi connectivity index (χ4n) is 1.40. The number of carbonyl (C=O) groups is 1. The highest BCUT2D eigenvalue weighted by atomic mass is 32.1. The van der Waals surface area contributed by atoms with Crippen LogP contribution in [0.15, 0.2) is 11.4 Å². The molecule has 0 spiro atoms. The first kappa shape index (κ1) is 14.6. The molecule has 7 heteroatoms. The van der Waals surface area contributed by atoms with E-state index in [4.69, 9.17) is 0 Å². The van der Waals surface area contributed by atoms with Gasteiger partial charge in [-0.05, 0) is 19.4 Å². The Morgan fingerprint density at radius 1 is 1.67 bits per heavy atom. The van der Waals surface area contributed by atoms with Crippen LogP contribution in [0, 0.1) is 10.1 Å². The van der Waals surface area contributed by atoms with Gasteiger partial charge in [-0.25, -0.2) is 0 Å². The molecular weight excluding hydrogens is 254 g/mol. The van der Waals surface area contributed by atoms with Crippen LogP contribution in [0.3, 0.4) is 0 Å². The molecule has 0 saturated carbocycles. The fourth-order valence-corrected chi connectivity index (χ4v) is 2.12. The van der Waals surface area contributed by atoms with Crippen molar-refractivity contribution in [3.05, 3.63) is 27.1 Å². The lowest BCUT2D eigenvalue weighted by Gasteiger charge is -2.20. The number of nitrogens with zero attached hydrogens (tertiary/aromatic N) is 2. The molecule has 0 aliphatic carbocycles. The molecule has 0 fully saturated rings. The molecule has 1 unspecified atom stereocenters. The predicted molar refractivity (Wildman–Crippen MR) is 70.6 cm³/mol. The number of carbonyl (C=O) groups excluding carboxylic acids is 1. The smallest absolute Gasteiger partial charge is 0.324 e. The number of thiophene rings is 1. The van der Waals surface area contributed by atoms with Crippen molar-refractivity contribution in [1.82, 2.24) is 10.2 Å². The van der Waals surface area contributed by atoms with Crippen molar-refractivity contribution in [3.8, 4) is 0 Å². The molecule has 1 amide bonds. The van der Waals surface area contributed by atoms with Crippen LogP contribution in [-0.4, -0.2) is 35.4 Å². The minimum absolute atomic E-state index is 0.0160. The van der Waals surface area contributed by atoms with Crippen molar-refractivity contribution in [1.29, 1.82) is 0 Å². The zero-order valence-electron chi connectivity index (χ0n) is 10.7. The van der Waals surface area contributed by atoms with Crippen LogP contribution < -0.4 is 5.32 Å². The zero-order chi connectivity index (χ0) is 13.7. The molecule has 0 aromatic carbocycles. The van der Waals surface area contributed by atoms with Gasteiger partial charge in [-0.1, -0.05) is 11.3 Å². The maximum Gasteiger partial charge on any atom is 0.324 e. The van der Waals surface area contributed by atoms with E-state index in [0.717, 1.165) is 16.9 Å². The van der Waals surface area contributed by atoms with Gasteiger partial charge >= 0.3 is 5.00 Å². The Morgan fingerprint density at radius 2 is 2.33 bits per heavy atom. The Bertz CT molecular complexity index is 433. The van der Waals surface area contributed by atoms with E-state index in [2.05, 4.69) is 5.32 Å². The van der Waals surface area contributed by atoms with Crippen molar-refractivity contribution in [2.45, 2.75) is 26.4 Å². The largest absolute Gasteiger partial charge is 0.345 e. The molecule has 0 aliphatic rings. The molecule has 0 bridgehead atoms. The quantitative estimate of drug-likeness (QED) is 0.630. The summed E-state index contributed by atoms with van der Waals surface area (Å²) in [6.45, 7) is 4.81. The van der Waals surface area contributed by atoms with Crippen LogP contribution in [0.1, 0.15) is 19.4 Å². The highest BCUT2D eigenvalue weighted by molar-refractivity contribution is 7.13. The fraction of sp³-hybridized carbons (Fsp3) is 0.545. The van der Waals surface area contributed by atoms with Crippen LogP contribution in [0.5, 0.6) is 0 Å². The number of likely N-dealkylation sites (N-methyl/N-ethyl adjacent to an activating group) is 1. The van der Waals surface area contributed by atoms with Crippen molar-refractivity contribution < 1.29 is 9.72 Å². The molecule has 1 aromatic rings. The number of hydrogen-bond acceptors (Lipinski definition) is 5. The Labute approximate surface area is 110 Å². The van der Waals surface area contributed by atoms with E-state index in [-0.39, 0.29) is 17.0 Å². The summed E-state index contributed by atoms with van der Waals surface area (Å²) in [7, 11) is 1.75. The molecule has 1 aromatic heterocycles. The van der Waals surface area contributed by atoms with Crippen molar-refractivity contribution >= 4 is 22.2 Å². The summed E-state index contributed by atoms with van der Waals surface area (Å²) in [4.78, 5) is 23.5. The lowest BCUT2D eigenvalue weighted by Crippen LogP contribution is -2.42. The second-order valence-corrected chi connectivity index (χ2v) is 4.89. The molecule has 0 saturated heterocycles. The number of hydrogen-bond donors (Lipinski definition) is 1. The molecule has 18 heavy (non-hydrogen) atoms. The predicted octanol–water partition coefficient (Wildman–Crippen LogP) is 1.61. The highest BCUT2D eigenvalue weighted by Crippen LogP contribution is 2.22. The third-order valence-corrected chi connectivity index (χ3v) is 3.58. The van der Waals surface area contributed by atoms with Crippen LogP contribution in [-0.2, 0) is 11.3 Å². The van der Waals surface area contributed by atoms with Gasteiger partial charge < -0.3 is 10.2 Å². The Hall–Kier alpha value is -1.47. The highest BCUT2D eigenvalue weighted by Gasteiger charge is 2.16. The first-order chi connectivity index (χ1) is 8.45. The normalized spacial score (nSPS) is 12.2. The van der Waals surface area contributed by atoms with Gasteiger partial charge in [-0.15, -0.1) is 0 Å². The van der Waals surface area contributed by atoms with Crippen LogP contribution >= 0.6 is 11.3 Å². The number of rotatable bonds is 6. The second-order valence-electron chi connectivity index (χ2n) is 4.01. The molecule has 0 radical (unpaired) electrons. The van der Waals surface area contributed by atoms with Gasteiger partial charge in [0, 0.05) is 31.6 Å². The lowest BCUT2D eigenvalue weighted by atomic mass is 10.2. The molecule has 0 aliphatic heterocycles. The number of nitrogens with one attached hydrogen (secondary N) is 1. The topological polar surface area (TPSA) is 75.5 Å². The average molecular weight is 271 g/mol. The monoisotopic (exact) mass is 271 g/mol. The van der Waals surface area contributed by atoms with Crippen LogP contribution in [0.2, 0.25) is 0 Å². The average Bonchev–Trinajstić information content (AvgIpc) is 2.82. The molecular formula is C11H17N3O3S. The second kappa shape index (κ2) is 6.46. The minimum atomic E-state index is -0.409. The van der Waals surface area contributed by atoms with E-state index in [1.165, 1.54) is 6.07 Å². The Kier molecular flexibility index (Phi) is 5.24. The number of nitro groups is 1. The standard InChI is InChI=1S/C11H17N3O3S/c1-4-13(3)11(15)8(2)12-6-9-5-10(14(16)17)18-7-9/h5,7-8,12H,4,6H2,1-3H3. The van der Waals surface area contributed by atoms with Crippen molar-refractivity contribution in [2.24, 2.45) is 0 Å². The summed E-state index contributed by atoms with van der Waals surface area (Å²) in [6.07, 6.45) is 0. The third kappa shape index (κ3) is 3.78. The molecule has 1 heterocycles. The van der Waals surface area contributed by atoms with Gasteiger partial charge in [0.1, 0.15) is 0 Å². The molecule has 6 nitrogen and oxygen atoms in total. The summed E-state index contributed by atoms with van der Waals surface area (Å²) in [6, 6.07) is 1.23. The Morgan fingerprint density at radius 3 is 2.83 bits per heavy atom.